The van der Waals surface area contributed by atoms with Gasteiger partial charge in [-0.15, -0.1) is 12.4 Å². The number of benzene rings is 1. The van der Waals surface area contributed by atoms with Gasteiger partial charge in [0.1, 0.15) is 0 Å². The summed E-state index contributed by atoms with van der Waals surface area (Å²) in [6, 6.07) is 11.0. The monoisotopic (exact) mass is 308 g/mol. The fraction of sp³-hybridized carbons (Fsp3) is 0.588. The van der Waals surface area contributed by atoms with E-state index in [4.69, 9.17) is 0 Å². The largest absolute Gasteiger partial charge is 0.339 e. The van der Waals surface area contributed by atoms with Gasteiger partial charge >= 0.3 is 0 Å². The van der Waals surface area contributed by atoms with E-state index >= 15 is 0 Å². The summed E-state index contributed by atoms with van der Waals surface area (Å²) >= 11 is 0. The maximum atomic E-state index is 12.7. The first kappa shape index (κ1) is 16.3. The maximum Gasteiger partial charge on any atom is 0.226 e. The molecule has 3 rings (SSSR count). The lowest BCUT2D eigenvalue weighted by atomic mass is 9.92. The molecule has 4 heteroatoms. The average Bonchev–Trinajstić information content (AvgIpc) is 2.90. The van der Waals surface area contributed by atoms with Crippen molar-refractivity contribution in [1.29, 1.82) is 0 Å². The predicted molar refractivity (Wildman–Crippen MR) is 87.8 cm³/mol. The van der Waals surface area contributed by atoms with Gasteiger partial charge in [0.25, 0.3) is 0 Å². The predicted octanol–water partition coefficient (Wildman–Crippen LogP) is 2.81. The third-order valence-corrected chi connectivity index (χ3v) is 4.95. The Morgan fingerprint density at radius 1 is 1.14 bits per heavy atom. The van der Waals surface area contributed by atoms with Crippen LogP contribution in [0.25, 0.3) is 0 Å². The molecule has 0 saturated carbocycles. The summed E-state index contributed by atoms with van der Waals surface area (Å²) in [6.07, 6.45) is 3.10. The van der Waals surface area contributed by atoms with Gasteiger partial charge in [-0.2, -0.15) is 0 Å². The van der Waals surface area contributed by atoms with Crippen molar-refractivity contribution >= 4 is 18.3 Å². The van der Waals surface area contributed by atoms with Crippen LogP contribution in [-0.2, 0) is 4.79 Å². The highest BCUT2D eigenvalue weighted by Gasteiger charge is 2.37. The number of nitrogens with zero attached hydrogens (tertiary/aromatic N) is 1. The van der Waals surface area contributed by atoms with E-state index < -0.39 is 0 Å². The molecule has 116 valence electrons. The van der Waals surface area contributed by atoms with Crippen molar-refractivity contribution in [3.63, 3.8) is 0 Å². The van der Waals surface area contributed by atoms with Gasteiger partial charge in [0.15, 0.2) is 0 Å². The highest BCUT2D eigenvalue weighted by molar-refractivity contribution is 5.85. The standard InChI is InChI=1S/C17H24N2O.ClH/c1-13-16(14-5-3-2-4-6-14)9-12-19(13)17(20)15-7-10-18-11-8-15;/h2-6,13,15-16,18H,7-12H2,1H3;1H. The third-order valence-electron chi connectivity index (χ3n) is 4.95. The number of piperidine rings is 1. The summed E-state index contributed by atoms with van der Waals surface area (Å²) in [5, 5.41) is 3.34. The molecule has 0 spiro atoms. The highest BCUT2D eigenvalue weighted by atomic mass is 35.5. The first-order valence-corrected chi connectivity index (χ1v) is 7.83. The Labute approximate surface area is 133 Å². The van der Waals surface area contributed by atoms with Gasteiger partial charge in [0, 0.05) is 24.4 Å². The van der Waals surface area contributed by atoms with E-state index in [0.29, 0.717) is 17.9 Å². The zero-order chi connectivity index (χ0) is 13.9. The molecule has 1 aromatic rings. The molecule has 1 aromatic carbocycles. The molecule has 21 heavy (non-hydrogen) atoms. The Morgan fingerprint density at radius 3 is 2.48 bits per heavy atom. The van der Waals surface area contributed by atoms with E-state index in [0.717, 1.165) is 38.9 Å². The van der Waals surface area contributed by atoms with Gasteiger partial charge in [-0.25, -0.2) is 0 Å². The van der Waals surface area contributed by atoms with Crippen LogP contribution in [0.3, 0.4) is 0 Å². The van der Waals surface area contributed by atoms with Crippen LogP contribution in [0.4, 0.5) is 0 Å². The lowest BCUT2D eigenvalue weighted by molar-refractivity contribution is -0.137. The van der Waals surface area contributed by atoms with Crippen LogP contribution in [0, 0.1) is 5.92 Å². The minimum Gasteiger partial charge on any atom is -0.339 e. The molecule has 0 radical (unpaired) electrons. The average molecular weight is 309 g/mol. The van der Waals surface area contributed by atoms with Crippen LogP contribution in [-0.4, -0.2) is 36.5 Å². The Bertz CT molecular complexity index is 459. The number of carbonyl (C=O) groups is 1. The maximum absolute atomic E-state index is 12.7. The van der Waals surface area contributed by atoms with Crippen LogP contribution >= 0.6 is 12.4 Å². The number of rotatable bonds is 2. The molecule has 2 atom stereocenters. The summed E-state index contributed by atoms with van der Waals surface area (Å²) in [6.45, 7) is 5.11. The van der Waals surface area contributed by atoms with E-state index in [1.54, 1.807) is 0 Å². The van der Waals surface area contributed by atoms with Gasteiger partial charge in [0.2, 0.25) is 5.91 Å². The topological polar surface area (TPSA) is 32.3 Å². The number of nitrogens with one attached hydrogen (secondary N) is 1. The molecule has 2 heterocycles. The number of hydrogen-bond donors (Lipinski definition) is 1. The molecule has 1 N–H and O–H groups in total. The molecule has 3 nitrogen and oxygen atoms in total. The molecule has 0 aliphatic carbocycles. The van der Waals surface area contributed by atoms with Crippen molar-refractivity contribution in [2.75, 3.05) is 19.6 Å². The Morgan fingerprint density at radius 2 is 1.81 bits per heavy atom. The Hall–Kier alpha value is -1.06. The van der Waals surface area contributed by atoms with Crippen molar-refractivity contribution in [2.45, 2.75) is 38.1 Å². The van der Waals surface area contributed by atoms with Crippen molar-refractivity contribution in [2.24, 2.45) is 5.92 Å². The first-order valence-electron chi connectivity index (χ1n) is 7.83. The number of hydrogen-bond acceptors (Lipinski definition) is 2. The van der Waals surface area contributed by atoms with Gasteiger partial charge in [-0.3, -0.25) is 4.79 Å². The second-order valence-corrected chi connectivity index (χ2v) is 6.10. The van der Waals surface area contributed by atoms with E-state index in [1.807, 2.05) is 0 Å². The van der Waals surface area contributed by atoms with Crippen molar-refractivity contribution < 1.29 is 4.79 Å². The molecular formula is C17H25ClN2O. The number of amides is 1. The van der Waals surface area contributed by atoms with E-state index in [1.165, 1.54) is 5.56 Å². The van der Waals surface area contributed by atoms with Gasteiger partial charge in [-0.05, 0) is 44.8 Å². The van der Waals surface area contributed by atoms with Crippen LogP contribution in [0.1, 0.15) is 37.7 Å². The molecule has 2 unspecified atom stereocenters. The second kappa shape index (κ2) is 7.28. The first-order chi connectivity index (χ1) is 9.77. The molecule has 2 saturated heterocycles. The van der Waals surface area contributed by atoms with E-state index in [-0.39, 0.29) is 18.3 Å². The van der Waals surface area contributed by atoms with Crippen molar-refractivity contribution in [3.8, 4) is 0 Å². The Kier molecular flexibility index (Phi) is 5.65. The molecule has 1 amide bonds. The number of carbonyl (C=O) groups excluding carboxylic acids is 1. The molecule has 0 aromatic heterocycles. The summed E-state index contributed by atoms with van der Waals surface area (Å²) in [4.78, 5) is 14.8. The van der Waals surface area contributed by atoms with E-state index in [9.17, 15) is 4.79 Å². The lowest BCUT2D eigenvalue weighted by Gasteiger charge is -2.31. The van der Waals surface area contributed by atoms with Crippen LogP contribution in [0.2, 0.25) is 0 Å². The summed E-state index contributed by atoms with van der Waals surface area (Å²) in [7, 11) is 0. The molecule has 2 aliphatic heterocycles. The fourth-order valence-electron chi connectivity index (χ4n) is 3.70. The zero-order valence-electron chi connectivity index (χ0n) is 12.6. The van der Waals surface area contributed by atoms with Crippen LogP contribution in [0.5, 0.6) is 0 Å². The summed E-state index contributed by atoms with van der Waals surface area (Å²) < 4.78 is 0. The molecular weight excluding hydrogens is 284 g/mol. The fourth-order valence-corrected chi connectivity index (χ4v) is 3.70. The molecule has 0 bridgehead atoms. The highest BCUT2D eigenvalue weighted by Crippen LogP contribution is 2.34. The molecule has 2 fully saturated rings. The van der Waals surface area contributed by atoms with Crippen molar-refractivity contribution in [3.05, 3.63) is 35.9 Å². The smallest absolute Gasteiger partial charge is 0.226 e. The summed E-state index contributed by atoms with van der Waals surface area (Å²) in [5.41, 5.74) is 1.38. The number of halogens is 1. The van der Waals surface area contributed by atoms with Crippen molar-refractivity contribution in [1.82, 2.24) is 10.2 Å². The zero-order valence-corrected chi connectivity index (χ0v) is 13.4. The van der Waals surface area contributed by atoms with Crippen LogP contribution in [0.15, 0.2) is 30.3 Å². The second-order valence-electron chi connectivity index (χ2n) is 6.10. The summed E-state index contributed by atoms with van der Waals surface area (Å²) in [5.74, 6) is 1.13. The molecule has 2 aliphatic rings. The van der Waals surface area contributed by atoms with Crippen LogP contribution < -0.4 is 5.32 Å². The van der Waals surface area contributed by atoms with Gasteiger partial charge < -0.3 is 10.2 Å². The Balaban J connectivity index is 0.00000161. The van der Waals surface area contributed by atoms with Gasteiger partial charge in [-0.1, -0.05) is 30.3 Å². The minimum atomic E-state index is 0. The van der Waals surface area contributed by atoms with Gasteiger partial charge in [0.05, 0.1) is 0 Å². The van der Waals surface area contributed by atoms with E-state index in [2.05, 4.69) is 47.5 Å². The SMILES string of the molecule is CC1C(c2ccccc2)CCN1C(=O)C1CCNCC1.Cl. The third kappa shape index (κ3) is 3.41. The number of likely N-dealkylation sites (tertiary alicyclic amines) is 1. The normalized spacial score (nSPS) is 26.4. The lowest BCUT2D eigenvalue weighted by Crippen LogP contribution is -2.43. The minimum absolute atomic E-state index is 0. The quantitative estimate of drug-likeness (QED) is 0.911.